The third-order valence-corrected chi connectivity index (χ3v) is 2.86. The van der Waals surface area contributed by atoms with Gasteiger partial charge in [0.25, 0.3) is 0 Å². The number of carbonyl (C=O) groups is 1. The smallest absolute Gasteiger partial charge is 0.352 e. The van der Waals surface area contributed by atoms with Crippen LogP contribution < -0.4 is 0 Å². The number of nitrogens with zero attached hydrogens (tertiary/aromatic N) is 1. The van der Waals surface area contributed by atoms with Gasteiger partial charge in [0.2, 0.25) is 0 Å². The standard InChI is InChI=1S/C8H4BrClN2O2/c9-3-1-4-5(12-7(3)10)2-6(11-4)8(13)14/h1-2,11H,(H,13,14). The fraction of sp³-hybridized carbons (Fsp3) is 0. The SMILES string of the molecule is O=C(O)c1cc2nc(Cl)c(Br)cc2[nH]1. The van der Waals surface area contributed by atoms with Gasteiger partial charge in [0.05, 0.1) is 15.5 Å². The summed E-state index contributed by atoms with van der Waals surface area (Å²) >= 11 is 8.96. The fourth-order valence-electron chi connectivity index (χ4n) is 1.12. The Labute approximate surface area is 92.0 Å². The second kappa shape index (κ2) is 3.25. The molecule has 0 radical (unpaired) electrons. The first-order valence-electron chi connectivity index (χ1n) is 3.66. The molecule has 0 bridgehead atoms. The number of aromatic carboxylic acids is 1. The van der Waals surface area contributed by atoms with Crippen molar-refractivity contribution in [3.8, 4) is 0 Å². The average Bonchev–Trinajstić information content (AvgIpc) is 2.48. The van der Waals surface area contributed by atoms with Gasteiger partial charge in [-0.2, -0.15) is 0 Å². The molecule has 0 saturated heterocycles. The van der Waals surface area contributed by atoms with Crippen LogP contribution in [-0.4, -0.2) is 21.0 Å². The lowest BCUT2D eigenvalue weighted by Gasteiger charge is -1.93. The van der Waals surface area contributed by atoms with Gasteiger partial charge in [-0.1, -0.05) is 11.6 Å². The molecule has 0 unspecified atom stereocenters. The van der Waals surface area contributed by atoms with Crippen LogP contribution in [0.2, 0.25) is 5.15 Å². The summed E-state index contributed by atoms with van der Waals surface area (Å²) in [6.45, 7) is 0. The minimum atomic E-state index is -1.02. The van der Waals surface area contributed by atoms with Crippen molar-refractivity contribution in [2.45, 2.75) is 0 Å². The molecule has 0 aliphatic heterocycles. The van der Waals surface area contributed by atoms with E-state index >= 15 is 0 Å². The molecule has 14 heavy (non-hydrogen) atoms. The van der Waals surface area contributed by atoms with Gasteiger partial charge in [0.15, 0.2) is 0 Å². The zero-order valence-electron chi connectivity index (χ0n) is 6.71. The zero-order chi connectivity index (χ0) is 10.3. The van der Waals surface area contributed by atoms with Gasteiger partial charge >= 0.3 is 5.97 Å². The van der Waals surface area contributed by atoms with Crippen molar-refractivity contribution >= 4 is 44.5 Å². The number of aromatic nitrogens is 2. The maximum absolute atomic E-state index is 10.6. The molecule has 72 valence electrons. The van der Waals surface area contributed by atoms with Crippen molar-refractivity contribution in [3.05, 3.63) is 27.5 Å². The molecule has 0 aliphatic rings. The minimum Gasteiger partial charge on any atom is -0.477 e. The molecule has 4 nitrogen and oxygen atoms in total. The summed E-state index contributed by atoms with van der Waals surface area (Å²) in [7, 11) is 0. The van der Waals surface area contributed by atoms with Crippen LogP contribution >= 0.6 is 27.5 Å². The highest BCUT2D eigenvalue weighted by atomic mass is 79.9. The van der Waals surface area contributed by atoms with Gasteiger partial charge in [0.1, 0.15) is 10.8 Å². The predicted octanol–water partition coefficient (Wildman–Crippen LogP) is 2.68. The van der Waals surface area contributed by atoms with Gasteiger partial charge in [-0.25, -0.2) is 9.78 Å². The molecule has 0 aromatic carbocycles. The Hall–Kier alpha value is -1.07. The maximum Gasteiger partial charge on any atom is 0.352 e. The van der Waals surface area contributed by atoms with Crippen LogP contribution in [0.15, 0.2) is 16.6 Å². The molecule has 2 aromatic rings. The second-order valence-corrected chi connectivity index (χ2v) is 3.89. The summed E-state index contributed by atoms with van der Waals surface area (Å²) in [6.07, 6.45) is 0. The molecule has 0 spiro atoms. The van der Waals surface area contributed by atoms with E-state index in [0.29, 0.717) is 20.7 Å². The van der Waals surface area contributed by atoms with Gasteiger partial charge in [-0.05, 0) is 28.1 Å². The molecule has 6 heteroatoms. The number of rotatable bonds is 1. The Kier molecular flexibility index (Phi) is 2.20. The quantitative estimate of drug-likeness (QED) is 0.786. The van der Waals surface area contributed by atoms with E-state index in [1.54, 1.807) is 6.07 Å². The van der Waals surface area contributed by atoms with Crippen LogP contribution in [0.1, 0.15) is 10.5 Å². The number of fused-ring (bicyclic) bond motifs is 1. The van der Waals surface area contributed by atoms with Crippen LogP contribution in [0, 0.1) is 0 Å². The summed E-state index contributed by atoms with van der Waals surface area (Å²) in [4.78, 5) is 17.4. The van der Waals surface area contributed by atoms with Crippen LogP contribution in [0.5, 0.6) is 0 Å². The largest absolute Gasteiger partial charge is 0.477 e. The van der Waals surface area contributed by atoms with E-state index in [1.165, 1.54) is 6.07 Å². The summed E-state index contributed by atoms with van der Waals surface area (Å²) in [5.41, 5.74) is 1.27. The normalized spacial score (nSPS) is 10.7. The Morgan fingerprint density at radius 3 is 2.93 bits per heavy atom. The number of hydrogen-bond donors (Lipinski definition) is 2. The molecular weight excluding hydrogens is 271 g/mol. The topological polar surface area (TPSA) is 66.0 Å². The Morgan fingerprint density at radius 1 is 1.57 bits per heavy atom. The maximum atomic E-state index is 10.6. The van der Waals surface area contributed by atoms with Gasteiger partial charge < -0.3 is 10.1 Å². The minimum absolute atomic E-state index is 0.0988. The van der Waals surface area contributed by atoms with Crippen molar-refractivity contribution in [1.82, 2.24) is 9.97 Å². The zero-order valence-corrected chi connectivity index (χ0v) is 9.06. The van der Waals surface area contributed by atoms with Crippen molar-refractivity contribution in [2.75, 3.05) is 0 Å². The molecule has 2 rings (SSSR count). The lowest BCUT2D eigenvalue weighted by Crippen LogP contribution is -1.94. The second-order valence-electron chi connectivity index (χ2n) is 2.68. The number of carboxylic acids is 1. The van der Waals surface area contributed by atoms with Crippen molar-refractivity contribution in [3.63, 3.8) is 0 Å². The first-order valence-corrected chi connectivity index (χ1v) is 4.83. The number of pyridine rings is 1. The van der Waals surface area contributed by atoms with Crippen LogP contribution in [-0.2, 0) is 0 Å². The Bertz CT molecular complexity index is 484. The van der Waals surface area contributed by atoms with Crippen LogP contribution in [0.25, 0.3) is 11.0 Å². The molecule has 2 heterocycles. The Balaban J connectivity index is 2.72. The van der Waals surface area contributed by atoms with Gasteiger partial charge in [-0.15, -0.1) is 0 Å². The van der Waals surface area contributed by atoms with Crippen LogP contribution in [0.3, 0.4) is 0 Å². The highest BCUT2D eigenvalue weighted by Gasteiger charge is 2.10. The summed E-state index contributed by atoms with van der Waals surface area (Å²) < 4.78 is 0.630. The number of carboxylic acid groups (broad SMARTS) is 1. The number of nitrogens with one attached hydrogen (secondary N) is 1. The fourth-order valence-corrected chi connectivity index (χ4v) is 1.59. The molecule has 2 aromatic heterocycles. The summed E-state index contributed by atoms with van der Waals surface area (Å²) in [6, 6.07) is 3.13. The van der Waals surface area contributed by atoms with E-state index in [0.717, 1.165) is 0 Å². The third-order valence-electron chi connectivity index (χ3n) is 1.74. The molecule has 0 atom stereocenters. The monoisotopic (exact) mass is 274 g/mol. The van der Waals surface area contributed by atoms with Gasteiger partial charge in [0, 0.05) is 0 Å². The third kappa shape index (κ3) is 1.49. The lowest BCUT2D eigenvalue weighted by atomic mass is 10.4. The van der Waals surface area contributed by atoms with Crippen molar-refractivity contribution in [2.24, 2.45) is 0 Å². The lowest BCUT2D eigenvalue weighted by molar-refractivity contribution is 0.0691. The van der Waals surface area contributed by atoms with Crippen molar-refractivity contribution in [1.29, 1.82) is 0 Å². The number of H-pyrrole nitrogens is 1. The molecule has 0 amide bonds. The number of hydrogen-bond acceptors (Lipinski definition) is 2. The van der Waals surface area contributed by atoms with E-state index in [9.17, 15) is 4.79 Å². The summed E-state index contributed by atoms with van der Waals surface area (Å²) in [5, 5.41) is 9.03. The number of halogens is 2. The van der Waals surface area contributed by atoms with E-state index < -0.39 is 5.97 Å². The molecular formula is C8H4BrClN2O2. The molecule has 0 fully saturated rings. The van der Waals surface area contributed by atoms with Crippen molar-refractivity contribution < 1.29 is 9.90 Å². The van der Waals surface area contributed by atoms with E-state index in [-0.39, 0.29) is 5.69 Å². The summed E-state index contributed by atoms with van der Waals surface area (Å²) in [5.74, 6) is -1.02. The molecule has 2 N–H and O–H groups in total. The highest BCUT2D eigenvalue weighted by molar-refractivity contribution is 9.10. The van der Waals surface area contributed by atoms with E-state index in [4.69, 9.17) is 16.7 Å². The first kappa shape index (κ1) is 9.48. The number of aromatic amines is 1. The predicted molar refractivity (Wildman–Crippen MR) is 55.8 cm³/mol. The highest BCUT2D eigenvalue weighted by Crippen LogP contribution is 2.25. The average molecular weight is 275 g/mol. The van der Waals surface area contributed by atoms with Crippen LogP contribution in [0.4, 0.5) is 0 Å². The van der Waals surface area contributed by atoms with E-state index in [2.05, 4.69) is 25.9 Å². The molecule has 0 aliphatic carbocycles. The van der Waals surface area contributed by atoms with Gasteiger partial charge in [-0.3, -0.25) is 0 Å². The molecule has 0 saturated carbocycles. The first-order chi connectivity index (χ1) is 6.58. The Morgan fingerprint density at radius 2 is 2.29 bits per heavy atom. The van der Waals surface area contributed by atoms with E-state index in [1.807, 2.05) is 0 Å².